The molecule has 0 bridgehead atoms. The van der Waals surface area contributed by atoms with Crippen molar-refractivity contribution < 1.29 is 22.7 Å². The fraction of sp³-hybridized carbons (Fsp3) is 0.0625. The zero-order valence-corrected chi connectivity index (χ0v) is 10.9. The SMILES string of the molecule is O=C(/C=C/c1c(F)cc(F)cc1F)OCc1ccccc1. The monoisotopic (exact) mass is 292 g/mol. The largest absolute Gasteiger partial charge is 0.458 e. The van der Waals surface area contributed by atoms with Crippen molar-refractivity contribution in [1.29, 1.82) is 0 Å². The first-order valence-electron chi connectivity index (χ1n) is 6.09. The average Bonchev–Trinajstić information content (AvgIpc) is 2.45. The van der Waals surface area contributed by atoms with Gasteiger partial charge in [-0.15, -0.1) is 0 Å². The molecule has 2 aromatic rings. The van der Waals surface area contributed by atoms with Crippen LogP contribution in [-0.2, 0) is 16.1 Å². The molecule has 0 unspecified atom stereocenters. The number of esters is 1. The summed E-state index contributed by atoms with van der Waals surface area (Å²) in [5, 5.41) is 0. The van der Waals surface area contributed by atoms with E-state index in [9.17, 15) is 18.0 Å². The summed E-state index contributed by atoms with van der Waals surface area (Å²) >= 11 is 0. The van der Waals surface area contributed by atoms with E-state index in [1.54, 1.807) is 24.3 Å². The molecular formula is C16H11F3O2. The topological polar surface area (TPSA) is 26.3 Å². The van der Waals surface area contributed by atoms with Gasteiger partial charge in [-0.25, -0.2) is 18.0 Å². The Hall–Kier alpha value is -2.56. The zero-order chi connectivity index (χ0) is 15.2. The zero-order valence-electron chi connectivity index (χ0n) is 10.9. The minimum Gasteiger partial charge on any atom is -0.458 e. The van der Waals surface area contributed by atoms with Gasteiger partial charge in [0.15, 0.2) is 0 Å². The predicted molar refractivity (Wildman–Crippen MR) is 71.6 cm³/mol. The van der Waals surface area contributed by atoms with E-state index in [0.29, 0.717) is 12.1 Å². The van der Waals surface area contributed by atoms with E-state index >= 15 is 0 Å². The second kappa shape index (κ2) is 6.74. The number of hydrogen-bond acceptors (Lipinski definition) is 2. The highest BCUT2D eigenvalue weighted by atomic mass is 19.1. The van der Waals surface area contributed by atoms with E-state index in [1.165, 1.54) is 0 Å². The minimum atomic E-state index is -1.08. The molecule has 0 N–H and O–H groups in total. The van der Waals surface area contributed by atoms with Gasteiger partial charge in [-0.05, 0) is 11.6 Å². The number of halogens is 3. The maximum Gasteiger partial charge on any atom is 0.331 e. The molecule has 0 aliphatic heterocycles. The lowest BCUT2D eigenvalue weighted by molar-refractivity contribution is -0.138. The molecule has 0 saturated carbocycles. The third kappa shape index (κ3) is 4.21. The van der Waals surface area contributed by atoms with Crippen molar-refractivity contribution in [1.82, 2.24) is 0 Å². The molecule has 0 aliphatic carbocycles. The highest BCUT2D eigenvalue weighted by Gasteiger charge is 2.09. The number of carbonyl (C=O) groups excluding carboxylic acids is 1. The van der Waals surface area contributed by atoms with Crippen LogP contribution in [-0.4, -0.2) is 5.97 Å². The number of carbonyl (C=O) groups is 1. The number of rotatable bonds is 4. The van der Waals surface area contributed by atoms with E-state index in [2.05, 4.69) is 0 Å². The summed E-state index contributed by atoms with van der Waals surface area (Å²) in [4.78, 5) is 11.5. The van der Waals surface area contributed by atoms with Gasteiger partial charge in [0.05, 0.1) is 0 Å². The molecule has 0 saturated heterocycles. The van der Waals surface area contributed by atoms with Gasteiger partial charge in [0.2, 0.25) is 0 Å². The van der Waals surface area contributed by atoms with Crippen LogP contribution in [0, 0.1) is 17.5 Å². The first-order valence-corrected chi connectivity index (χ1v) is 6.09. The Kier molecular flexibility index (Phi) is 4.77. The van der Waals surface area contributed by atoms with Gasteiger partial charge >= 0.3 is 5.97 Å². The summed E-state index contributed by atoms with van der Waals surface area (Å²) < 4.78 is 44.3. The summed E-state index contributed by atoms with van der Waals surface area (Å²) in [5.41, 5.74) is 0.298. The van der Waals surface area contributed by atoms with E-state index in [0.717, 1.165) is 17.7 Å². The fourth-order valence-corrected chi connectivity index (χ4v) is 1.64. The van der Waals surface area contributed by atoms with Crippen LogP contribution in [0.25, 0.3) is 6.08 Å². The molecule has 0 amide bonds. The molecule has 108 valence electrons. The lowest BCUT2D eigenvalue weighted by atomic mass is 10.2. The second-order valence-electron chi connectivity index (χ2n) is 4.21. The van der Waals surface area contributed by atoms with Crippen molar-refractivity contribution >= 4 is 12.0 Å². The van der Waals surface area contributed by atoms with Crippen LogP contribution in [0.3, 0.4) is 0 Å². The summed E-state index contributed by atoms with van der Waals surface area (Å²) in [7, 11) is 0. The number of ether oxygens (including phenoxy) is 1. The molecule has 0 radical (unpaired) electrons. The molecule has 0 aromatic heterocycles. The van der Waals surface area contributed by atoms with Gasteiger partial charge in [-0.1, -0.05) is 30.3 Å². The Labute approximate surface area is 119 Å². The number of benzene rings is 2. The van der Waals surface area contributed by atoms with Gasteiger partial charge in [0, 0.05) is 23.8 Å². The first kappa shape index (κ1) is 14.8. The van der Waals surface area contributed by atoms with Gasteiger partial charge < -0.3 is 4.74 Å². The summed E-state index contributed by atoms with van der Waals surface area (Å²) in [5.74, 6) is -3.94. The van der Waals surface area contributed by atoms with E-state index in [1.807, 2.05) is 6.07 Å². The van der Waals surface area contributed by atoms with Crippen molar-refractivity contribution in [2.24, 2.45) is 0 Å². The van der Waals surface area contributed by atoms with Gasteiger partial charge in [0.25, 0.3) is 0 Å². The molecule has 0 aliphatic rings. The molecule has 2 nitrogen and oxygen atoms in total. The van der Waals surface area contributed by atoms with Crippen LogP contribution in [0.4, 0.5) is 13.2 Å². The molecule has 2 rings (SSSR count). The van der Waals surface area contributed by atoms with Gasteiger partial charge in [0.1, 0.15) is 24.1 Å². The first-order chi connectivity index (χ1) is 10.1. The van der Waals surface area contributed by atoms with Crippen molar-refractivity contribution in [3.8, 4) is 0 Å². The van der Waals surface area contributed by atoms with Crippen LogP contribution in [0.15, 0.2) is 48.5 Å². The third-order valence-corrected chi connectivity index (χ3v) is 2.65. The highest BCUT2D eigenvalue weighted by Crippen LogP contribution is 2.16. The van der Waals surface area contributed by atoms with Crippen LogP contribution >= 0.6 is 0 Å². The Balaban J connectivity index is 2.00. The summed E-state index contributed by atoms with van der Waals surface area (Å²) in [6, 6.07) is 10.0. The maximum absolute atomic E-state index is 13.3. The Bertz CT molecular complexity index is 643. The van der Waals surface area contributed by atoms with Crippen LogP contribution in [0.1, 0.15) is 11.1 Å². The van der Waals surface area contributed by atoms with Crippen molar-refractivity contribution in [2.75, 3.05) is 0 Å². The van der Waals surface area contributed by atoms with E-state index < -0.39 is 29.0 Å². The van der Waals surface area contributed by atoms with Crippen LogP contribution in [0.5, 0.6) is 0 Å². The quantitative estimate of drug-likeness (QED) is 0.632. The Morgan fingerprint density at radius 3 is 2.29 bits per heavy atom. The van der Waals surface area contributed by atoms with Gasteiger partial charge in [-0.2, -0.15) is 0 Å². The van der Waals surface area contributed by atoms with E-state index in [4.69, 9.17) is 4.74 Å². The third-order valence-electron chi connectivity index (χ3n) is 2.65. The molecular weight excluding hydrogens is 281 g/mol. The predicted octanol–water partition coefficient (Wildman–Crippen LogP) is 3.86. The lowest BCUT2D eigenvalue weighted by Gasteiger charge is -2.02. The Morgan fingerprint density at radius 1 is 1.05 bits per heavy atom. The molecule has 5 heteroatoms. The Morgan fingerprint density at radius 2 is 1.67 bits per heavy atom. The second-order valence-corrected chi connectivity index (χ2v) is 4.21. The summed E-state index contributed by atoms with van der Waals surface area (Å²) in [6.07, 6.45) is 1.81. The standard InChI is InChI=1S/C16H11F3O2/c17-12-8-14(18)13(15(19)9-12)6-7-16(20)21-10-11-4-2-1-3-5-11/h1-9H,10H2/b7-6+. The molecule has 0 spiro atoms. The molecule has 21 heavy (non-hydrogen) atoms. The van der Waals surface area contributed by atoms with Crippen LogP contribution in [0.2, 0.25) is 0 Å². The van der Waals surface area contributed by atoms with Crippen molar-refractivity contribution in [2.45, 2.75) is 6.61 Å². The van der Waals surface area contributed by atoms with Crippen molar-refractivity contribution in [3.05, 3.63) is 77.1 Å². The molecule has 2 aromatic carbocycles. The minimum absolute atomic E-state index is 0.0540. The summed E-state index contributed by atoms with van der Waals surface area (Å²) in [6.45, 7) is 0.0540. The van der Waals surface area contributed by atoms with E-state index in [-0.39, 0.29) is 6.61 Å². The van der Waals surface area contributed by atoms with Gasteiger partial charge in [-0.3, -0.25) is 0 Å². The fourth-order valence-electron chi connectivity index (χ4n) is 1.64. The lowest BCUT2D eigenvalue weighted by Crippen LogP contribution is -2.01. The smallest absolute Gasteiger partial charge is 0.331 e. The number of hydrogen-bond donors (Lipinski definition) is 0. The van der Waals surface area contributed by atoms with Crippen LogP contribution < -0.4 is 0 Å². The highest BCUT2D eigenvalue weighted by molar-refractivity contribution is 5.87. The molecule has 0 heterocycles. The maximum atomic E-state index is 13.3. The van der Waals surface area contributed by atoms with Crippen molar-refractivity contribution in [3.63, 3.8) is 0 Å². The molecule has 0 atom stereocenters. The average molecular weight is 292 g/mol. The normalized spacial score (nSPS) is 10.8. The molecule has 0 fully saturated rings.